The van der Waals surface area contributed by atoms with Gasteiger partial charge in [0.2, 0.25) is 0 Å². The molecule has 0 aliphatic carbocycles. The molecule has 0 aliphatic heterocycles. The van der Waals surface area contributed by atoms with Crippen molar-refractivity contribution in [3.63, 3.8) is 0 Å². The fourth-order valence-electron chi connectivity index (χ4n) is 0.459. The van der Waals surface area contributed by atoms with Crippen molar-refractivity contribution in [1.29, 1.82) is 0 Å². The van der Waals surface area contributed by atoms with Crippen molar-refractivity contribution in [1.82, 2.24) is 0 Å². The van der Waals surface area contributed by atoms with Crippen LogP contribution in [-0.4, -0.2) is 12.6 Å². The Balaban J connectivity index is 3.25. The Hall–Kier alpha value is -0.790. The lowest BCUT2D eigenvalue weighted by Crippen LogP contribution is -2.03. The second-order valence-corrected chi connectivity index (χ2v) is 1.85. The van der Waals surface area contributed by atoms with Crippen molar-refractivity contribution in [2.45, 2.75) is 19.8 Å². The molecule has 0 amide bonds. The van der Waals surface area contributed by atoms with Crippen LogP contribution in [-0.2, 0) is 9.53 Å². The third-order valence-electron chi connectivity index (χ3n) is 0.928. The van der Waals surface area contributed by atoms with Crippen LogP contribution in [0.4, 0.5) is 0 Å². The summed E-state index contributed by atoms with van der Waals surface area (Å²) in [6.07, 6.45) is 4.61. The van der Waals surface area contributed by atoms with Crippen molar-refractivity contribution >= 4 is 5.97 Å². The Labute approximate surface area is 61.9 Å². The summed E-state index contributed by atoms with van der Waals surface area (Å²) in [7, 11) is 0. The monoisotopic (exact) mass is 141 g/mol. The standard InChI is InChI=1S/C8H13O2/c1-3-5-6-8(9)10-7-4-2/h3,5H,2,4,6-7H2,1H3. The lowest BCUT2D eigenvalue weighted by atomic mass is 10.4. The Kier molecular flexibility index (Phi) is 5.83. The van der Waals surface area contributed by atoms with Crippen molar-refractivity contribution in [2.75, 3.05) is 6.61 Å². The van der Waals surface area contributed by atoms with Gasteiger partial charge in [-0.2, -0.15) is 0 Å². The molecule has 0 saturated carbocycles. The molecule has 0 aromatic heterocycles. The molecule has 0 heterocycles. The summed E-state index contributed by atoms with van der Waals surface area (Å²) >= 11 is 0. The molecule has 0 aromatic carbocycles. The summed E-state index contributed by atoms with van der Waals surface area (Å²) in [5.41, 5.74) is 0. The van der Waals surface area contributed by atoms with Crippen LogP contribution in [0, 0.1) is 6.92 Å². The third kappa shape index (κ3) is 5.35. The molecule has 0 saturated heterocycles. The van der Waals surface area contributed by atoms with Gasteiger partial charge in [0.05, 0.1) is 13.0 Å². The second-order valence-electron chi connectivity index (χ2n) is 1.85. The van der Waals surface area contributed by atoms with E-state index >= 15 is 0 Å². The van der Waals surface area contributed by atoms with Crippen LogP contribution in [0.1, 0.15) is 19.8 Å². The van der Waals surface area contributed by atoms with E-state index in [0.717, 1.165) is 0 Å². The number of esters is 1. The smallest absolute Gasteiger partial charge is 0.309 e. The SMILES string of the molecule is [CH2]CCOC(=O)CC=CC. The highest BCUT2D eigenvalue weighted by Gasteiger charge is 1.95. The fourth-order valence-corrected chi connectivity index (χ4v) is 0.459. The van der Waals surface area contributed by atoms with Gasteiger partial charge >= 0.3 is 5.97 Å². The molecule has 0 atom stereocenters. The Morgan fingerprint density at radius 3 is 2.90 bits per heavy atom. The van der Waals surface area contributed by atoms with Crippen LogP contribution in [0.25, 0.3) is 0 Å². The Morgan fingerprint density at radius 2 is 2.40 bits per heavy atom. The van der Waals surface area contributed by atoms with E-state index in [-0.39, 0.29) is 5.97 Å². The molecule has 0 N–H and O–H groups in total. The van der Waals surface area contributed by atoms with E-state index < -0.39 is 0 Å². The molecule has 0 aromatic rings. The number of rotatable bonds is 4. The van der Waals surface area contributed by atoms with E-state index in [0.29, 0.717) is 19.4 Å². The van der Waals surface area contributed by atoms with Gasteiger partial charge in [0.15, 0.2) is 0 Å². The van der Waals surface area contributed by atoms with E-state index in [1.165, 1.54) is 0 Å². The zero-order chi connectivity index (χ0) is 7.82. The van der Waals surface area contributed by atoms with Crippen LogP contribution in [0.2, 0.25) is 0 Å². The van der Waals surface area contributed by atoms with Gasteiger partial charge in [0.1, 0.15) is 0 Å². The maximum Gasteiger partial charge on any atom is 0.309 e. The number of hydrogen-bond donors (Lipinski definition) is 0. The number of carbonyl (C=O) groups is 1. The van der Waals surface area contributed by atoms with Crippen LogP contribution in [0.15, 0.2) is 12.2 Å². The summed E-state index contributed by atoms with van der Waals surface area (Å²) in [4.78, 5) is 10.7. The molecule has 1 radical (unpaired) electrons. The molecule has 0 aliphatic rings. The van der Waals surface area contributed by atoms with Gasteiger partial charge < -0.3 is 4.74 Å². The molecule has 10 heavy (non-hydrogen) atoms. The summed E-state index contributed by atoms with van der Waals surface area (Å²) < 4.78 is 4.74. The summed E-state index contributed by atoms with van der Waals surface area (Å²) in [6.45, 7) is 5.84. The lowest BCUT2D eigenvalue weighted by molar-refractivity contribution is -0.142. The molecule has 0 spiro atoms. The number of hydrogen-bond acceptors (Lipinski definition) is 2. The molecule has 57 valence electrons. The van der Waals surface area contributed by atoms with Gasteiger partial charge in [-0.15, -0.1) is 0 Å². The first kappa shape index (κ1) is 9.21. The van der Waals surface area contributed by atoms with Crippen molar-refractivity contribution in [2.24, 2.45) is 0 Å². The zero-order valence-electron chi connectivity index (χ0n) is 6.30. The van der Waals surface area contributed by atoms with Crippen LogP contribution in [0.3, 0.4) is 0 Å². The third-order valence-corrected chi connectivity index (χ3v) is 0.928. The van der Waals surface area contributed by atoms with Crippen LogP contribution >= 0.6 is 0 Å². The molecule has 0 unspecified atom stereocenters. The Bertz CT molecular complexity index is 116. The molecular formula is C8H13O2. The average Bonchev–Trinajstić information content (AvgIpc) is 1.97. The predicted molar refractivity (Wildman–Crippen MR) is 40.4 cm³/mol. The first-order chi connectivity index (χ1) is 4.81. The first-order valence-corrected chi connectivity index (χ1v) is 3.37. The quantitative estimate of drug-likeness (QED) is 0.440. The largest absolute Gasteiger partial charge is 0.465 e. The van der Waals surface area contributed by atoms with Gasteiger partial charge in [0.25, 0.3) is 0 Å². The van der Waals surface area contributed by atoms with Crippen LogP contribution in [0.5, 0.6) is 0 Å². The van der Waals surface area contributed by atoms with E-state index in [1.807, 2.05) is 13.0 Å². The Morgan fingerprint density at radius 1 is 1.70 bits per heavy atom. The second kappa shape index (κ2) is 6.33. The van der Waals surface area contributed by atoms with Gasteiger partial charge in [0, 0.05) is 0 Å². The summed E-state index contributed by atoms with van der Waals surface area (Å²) in [5, 5.41) is 0. The van der Waals surface area contributed by atoms with Crippen LogP contribution < -0.4 is 0 Å². The predicted octanol–water partition coefficient (Wildman–Crippen LogP) is 1.72. The zero-order valence-corrected chi connectivity index (χ0v) is 6.30. The van der Waals surface area contributed by atoms with E-state index in [4.69, 9.17) is 4.74 Å². The molecule has 2 heteroatoms. The molecule has 0 rings (SSSR count). The number of allylic oxidation sites excluding steroid dienone is 1. The topological polar surface area (TPSA) is 26.3 Å². The van der Waals surface area contributed by atoms with Gasteiger partial charge in [-0.25, -0.2) is 0 Å². The molecule has 0 fully saturated rings. The van der Waals surface area contributed by atoms with Gasteiger partial charge in [-0.3, -0.25) is 4.79 Å². The highest BCUT2D eigenvalue weighted by molar-refractivity contribution is 5.71. The minimum absolute atomic E-state index is 0.179. The normalized spacial score (nSPS) is 10.2. The molecular weight excluding hydrogens is 128 g/mol. The highest BCUT2D eigenvalue weighted by Crippen LogP contribution is 1.89. The molecule has 0 bridgehead atoms. The number of ether oxygens (including phenoxy) is 1. The van der Waals surface area contributed by atoms with Crippen molar-refractivity contribution in [3.05, 3.63) is 19.1 Å². The number of carbonyl (C=O) groups excluding carboxylic acids is 1. The maximum atomic E-state index is 10.7. The highest BCUT2D eigenvalue weighted by atomic mass is 16.5. The first-order valence-electron chi connectivity index (χ1n) is 3.37. The average molecular weight is 141 g/mol. The van der Waals surface area contributed by atoms with Crippen molar-refractivity contribution < 1.29 is 9.53 Å². The molecule has 2 nitrogen and oxygen atoms in total. The maximum absolute atomic E-state index is 10.7. The van der Waals surface area contributed by atoms with Gasteiger partial charge in [-0.05, 0) is 20.3 Å². The van der Waals surface area contributed by atoms with Gasteiger partial charge in [-0.1, -0.05) is 12.2 Å². The lowest BCUT2D eigenvalue weighted by Gasteiger charge is -1.98. The minimum Gasteiger partial charge on any atom is -0.465 e. The summed E-state index contributed by atoms with van der Waals surface area (Å²) in [5.74, 6) is -0.179. The van der Waals surface area contributed by atoms with E-state index in [2.05, 4.69) is 6.92 Å². The van der Waals surface area contributed by atoms with E-state index in [1.54, 1.807) is 6.08 Å². The fraction of sp³-hybridized carbons (Fsp3) is 0.500. The van der Waals surface area contributed by atoms with Crippen molar-refractivity contribution in [3.8, 4) is 0 Å². The minimum atomic E-state index is -0.179. The van der Waals surface area contributed by atoms with E-state index in [9.17, 15) is 4.79 Å². The summed E-state index contributed by atoms with van der Waals surface area (Å²) in [6, 6.07) is 0.